The first-order chi connectivity index (χ1) is 16.9. The van der Waals surface area contributed by atoms with Crippen LogP contribution in [0.25, 0.3) is 22.3 Å². The topological polar surface area (TPSA) is 81.4 Å². The van der Waals surface area contributed by atoms with E-state index in [0.29, 0.717) is 33.7 Å². The number of rotatable bonds is 5. The Morgan fingerprint density at radius 2 is 1.72 bits per heavy atom. The van der Waals surface area contributed by atoms with Crippen molar-refractivity contribution in [3.63, 3.8) is 0 Å². The Morgan fingerprint density at radius 1 is 1.03 bits per heavy atom. The Morgan fingerprint density at radius 3 is 2.39 bits per heavy atom. The monoisotopic (exact) mass is 484 g/mol. The van der Waals surface area contributed by atoms with Crippen molar-refractivity contribution in [2.75, 3.05) is 5.32 Å². The maximum atomic E-state index is 13.4. The first-order valence-corrected chi connectivity index (χ1v) is 12.1. The summed E-state index contributed by atoms with van der Waals surface area (Å²) >= 11 is 0. The fourth-order valence-corrected chi connectivity index (χ4v) is 4.22. The molecule has 6 nitrogen and oxygen atoms in total. The predicted molar refractivity (Wildman–Crippen MR) is 144 cm³/mol. The number of hydrogen-bond donors (Lipinski definition) is 1. The van der Waals surface area contributed by atoms with Crippen LogP contribution in [0.5, 0.6) is 0 Å². The van der Waals surface area contributed by atoms with Crippen molar-refractivity contribution in [2.45, 2.75) is 60.1 Å². The quantitative estimate of drug-likeness (QED) is 0.310. The van der Waals surface area contributed by atoms with Gasteiger partial charge in [-0.15, -0.1) is 0 Å². The lowest BCUT2D eigenvalue weighted by Gasteiger charge is -2.22. The molecule has 6 heteroatoms. The highest BCUT2D eigenvalue weighted by Gasteiger charge is 2.24. The average Bonchev–Trinajstić information content (AvgIpc) is 2.81. The molecule has 2 aromatic heterocycles. The predicted octanol–water partition coefficient (Wildman–Crippen LogP) is 6.91. The zero-order valence-corrected chi connectivity index (χ0v) is 21.9. The molecule has 186 valence electrons. The molecule has 0 aliphatic carbocycles. The number of nitrogens with zero attached hydrogens (tertiary/aromatic N) is 1. The van der Waals surface area contributed by atoms with Crippen molar-refractivity contribution in [2.24, 2.45) is 0 Å². The Labute approximate surface area is 211 Å². The minimum Gasteiger partial charge on any atom is -0.455 e. The second kappa shape index (κ2) is 9.61. The van der Waals surface area contributed by atoms with Gasteiger partial charge in [-0.1, -0.05) is 36.4 Å². The smallest absolute Gasteiger partial charge is 0.359 e. The molecule has 0 saturated carbocycles. The number of hydrogen-bond acceptors (Lipinski definition) is 6. The third kappa shape index (κ3) is 5.18. The van der Waals surface area contributed by atoms with Gasteiger partial charge in [0.15, 0.2) is 11.1 Å². The molecule has 0 radical (unpaired) electrons. The van der Waals surface area contributed by atoms with Gasteiger partial charge in [0.1, 0.15) is 16.9 Å². The van der Waals surface area contributed by atoms with Gasteiger partial charge in [-0.25, -0.2) is 9.78 Å². The van der Waals surface area contributed by atoms with Gasteiger partial charge in [-0.3, -0.25) is 4.79 Å². The van der Waals surface area contributed by atoms with Crippen LogP contribution >= 0.6 is 0 Å². The van der Waals surface area contributed by atoms with Crippen LogP contribution in [0.1, 0.15) is 66.6 Å². The highest BCUT2D eigenvalue weighted by atomic mass is 16.6. The summed E-state index contributed by atoms with van der Waals surface area (Å²) in [6, 6.07) is 16.9. The minimum absolute atomic E-state index is 0.0568. The molecule has 1 atom stereocenters. The molecule has 2 aromatic carbocycles. The summed E-state index contributed by atoms with van der Waals surface area (Å²) < 4.78 is 12.0. The van der Waals surface area contributed by atoms with Crippen LogP contribution in [-0.4, -0.2) is 16.6 Å². The molecule has 0 spiro atoms. The minimum atomic E-state index is -0.646. The number of pyridine rings is 1. The van der Waals surface area contributed by atoms with Crippen molar-refractivity contribution >= 4 is 22.6 Å². The van der Waals surface area contributed by atoms with Crippen LogP contribution in [0.15, 0.2) is 63.8 Å². The maximum absolute atomic E-state index is 13.4. The number of benzene rings is 2. The molecule has 0 amide bonds. The first-order valence-electron chi connectivity index (χ1n) is 12.1. The summed E-state index contributed by atoms with van der Waals surface area (Å²) in [6.45, 7) is 13.0. The van der Waals surface area contributed by atoms with E-state index < -0.39 is 11.6 Å². The standard InChI is InChI=1S/C30H32N2O4/c1-17-15-22(20(4)32-24-14-13-18(2)31-25(24)29(34)36-30(5,6)7)28-23(16-17)26(33)19(3)27(35-28)21-11-9-8-10-12-21/h8-16,20,32H,1-7H3/t20-/m1/s1. The van der Waals surface area contributed by atoms with Gasteiger partial charge in [0.25, 0.3) is 0 Å². The van der Waals surface area contributed by atoms with Crippen molar-refractivity contribution in [3.8, 4) is 11.3 Å². The molecule has 4 rings (SSSR count). The zero-order valence-electron chi connectivity index (χ0n) is 21.9. The van der Waals surface area contributed by atoms with E-state index in [1.54, 1.807) is 6.92 Å². The number of fused-ring (bicyclic) bond motifs is 1. The van der Waals surface area contributed by atoms with Crippen LogP contribution in [0, 0.1) is 20.8 Å². The number of nitrogens with one attached hydrogen (secondary N) is 1. The molecular formula is C30H32N2O4. The van der Waals surface area contributed by atoms with Gasteiger partial charge in [0, 0.05) is 22.4 Å². The molecule has 0 aliphatic heterocycles. The van der Waals surface area contributed by atoms with Crippen molar-refractivity contribution in [3.05, 3.63) is 92.9 Å². The molecule has 0 fully saturated rings. The molecular weight excluding hydrogens is 452 g/mol. The van der Waals surface area contributed by atoms with Crippen LogP contribution in [0.3, 0.4) is 0 Å². The number of aryl methyl sites for hydroxylation is 2. The molecule has 0 aliphatic rings. The lowest BCUT2D eigenvalue weighted by Crippen LogP contribution is -2.25. The Kier molecular flexibility index (Phi) is 6.72. The number of aromatic nitrogens is 1. The number of esters is 1. The summed E-state index contributed by atoms with van der Waals surface area (Å²) in [5.41, 5.74) is 4.47. The van der Waals surface area contributed by atoms with E-state index in [1.165, 1.54) is 0 Å². The molecule has 0 unspecified atom stereocenters. The summed E-state index contributed by atoms with van der Waals surface area (Å²) in [5, 5.41) is 3.94. The Hall–Kier alpha value is -3.93. The normalized spacial score (nSPS) is 12.4. The fourth-order valence-electron chi connectivity index (χ4n) is 4.22. The van der Waals surface area contributed by atoms with Crippen molar-refractivity contribution < 1.29 is 13.9 Å². The first kappa shape index (κ1) is 25.2. The second-order valence-electron chi connectivity index (χ2n) is 10.2. The van der Waals surface area contributed by atoms with Crippen molar-refractivity contribution in [1.82, 2.24) is 4.98 Å². The molecule has 2 heterocycles. The lowest BCUT2D eigenvalue weighted by molar-refractivity contribution is 0.00638. The third-order valence-electron chi connectivity index (χ3n) is 5.89. The maximum Gasteiger partial charge on any atom is 0.359 e. The van der Waals surface area contributed by atoms with E-state index >= 15 is 0 Å². The van der Waals surface area contributed by atoms with Gasteiger partial charge in [0.2, 0.25) is 0 Å². The molecule has 0 bridgehead atoms. The molecule has 4 aromatic rings. The van der Waals surface area contributed by atoms with Gasteiger partial charge < -0.3 is 14.5 Å². The van der Waals surface area contributed by atoms with Crippen LogP contribution in [-0.2, 0) is 4.74 Å². The Balaban J connectivity index is 1.82. The van der Waals surface area contributed by atoms with E-state index in [0.717, 1.165) is 16.7 Å². The van der Waals surface area contributed by atoms with Crippen LogP contribution in [0.4, 0.5) is 5.69 Å². The number of anilines is 1. The van der Waals surface area contributed by atoms with Crippen molar-refractivity contribution in [1.29, 1.82) is 0 Å². The molecule has 1 N–H and O–H groups in total. The molecule has 0 saturated heterocycles. The van der Waals surface area contributed by atoms with E-state index in [2.05, 4.69) is 10.3 Å². The van der Waals surface area contributed by atoms with E-state index in [-0.39, 0.29) is 17.2 Å². The lowest BCUT2D eigenvalue weighted by atomic mass is 9.98. The zero-order chi connectivity index (χ0) is 26.2. The van der Waals surface area contributed by atoms with Crippen LogP contribution in [0.2, 0.25) is 0 Å². The largest absolute Gasteiger partial charge is 0.455 e. The highest BCUT2D eigenvalue weighted by molar-refractivity contribution is 5.94. The van der Waals surface area contributed by atoms with Gasteiger partial charge in [-0.05, 0) is 72.2 Å². The Bertz CT molecular complexity index is 1500. The molecule has 36 heavy (non-hydrogen) atoms. The van der Waals surface area contributed by atoms with Crippen LogP contribution < -0.4 is 10.7 Å². The summed E-state index contributed by atoms with van der Waals surface area (Å²) in [6.07, 6.45) is 0. The van der Waals surface area contributed by atoms with E-state index in [4.69, 9.17) is 9.15 Å². The summed E-state index contributed by atoms with van der Waals surface area (Å²) in [4.78, 5) is 30.7. The van der Waals surface area contributed by atoms with E-state index in [9.17, 15) is 9.59 Å². The summed E-state index contributed by atoms with van der Waals surface area (Å²) in [5.74, 6) is 0.0559. The fraction of sp³-hybridized carbons (Fsp3) is 0.300. The second-order valence-corrected chi connectivity index (χ2v) is 10.2. The third-order valence-corrected chi connectivity index (χ3v) is 5.89. The SMILES string of the molecule is Cc1cc([C@@H](C)Nc2ccc(C)nc2C(=O)OC(C)(C)C)c2oc(-c3ccccc3)c(C)c(=O)c2c1. The van der Waals surface area contributed by atoms with Gasteiger partial charge >= 0.3 is 5.97 Å². The average molecular weight is 485 g/mol. The number of ether oxygens (including phenoxy) is 1. The number of carbonyl (C=O) groups is 1. The van der Waals surface area contributed by atoms with Gasteiger partial charge in [-0.2, -0.15) is 0 Å². The summed E-state index contributed by atoms with van der Waals surface area (Å²) in [7, 11) is 0. The van der Waals surface area contributed by atoms with Gasteiger partial charge in [0.05, 0.1) is 17.1 Å². The highest BCUT2D eigenvalue weighted by Crippen LogP contribution is 2.32. The van der Waals surface area contributed by atoms with E-state index in [1.807, 2.05) is 96.1 Å². The number of carbonyl (C=O) groups excluding carboxylic acids is 1.